The summed E-state index contributed by atoms with van der Waals surface area (Å²) in [6, 6.07) is 9.26. The quantitative estimate of drug-likeness (QED) is 0.327. The number of aromatic nitrogens is 1. The molecule has 0 bridgehead atoms. The predicted octanol–water partition coefficient (Wildman–Crippen LogP) is 2.68. The molecule has 0 amide bonds. The third-order valence-corrected chi connectivity index (χ3v) is 3.47. The first-order valence-corrected chi connectivity index (χ1v) is 8.03. The van der Waals surface area contributed by atoms with Gasteiger partial charge in [0.2, 0.25) is 5.75 Å². The van der Waals surface area contributed by atoms with Gasteiger partial charge in [-0.05, 0) is 36.8 Å². The van der Waals surface area contributed by atoms with Gasteiger partial charge in [0, 0.05) is 12.7 Å². The van der Waals surface area contributed by atoms with Crippen molar-refractivity contribution in [3.05, 3.63) is 47.8 Å². The first kappa shape index (κ1) is 21.8. The Bertz CT molecular complexity index is 686. The van der Waals surface area contributed by atoms with Gasteiger partial charge in [0.25, 0.3) is 0 Å². The van der Waals surface area contributed by atoms with Gasteiger partial charge in [-0.25, -0.2) is 4.99 Å². The number of rotatable bonds is 7. The average molecular weight is 472 g/mol. The van der Waals surface area contributed by atoms with Crippen LogP contribution in [0.25, 0.3) is 0 Å². The first-order chi connectivity index (χ1) is 12.2. The number of phenolic OH excluding ortho intramolecular Hbond substituents is 1. The summed E-state index contributed by atoms with van der Waals surface area (Å²) < 4.78 is 10.3. The fraction of sp³-hybridized carbons (Fsp3) is 0.333. The zero-order valence-corrected chi connectivity index (χ0v) is 17.5. The van der Waals surface area contributed by atoms with Crippen molar-refractivity contribution in [3.8, 4) is 17.2 Å². The lowest BCUT2D eigenvalue weighted by molar-refractivity contribution is 0.339. The average Bonchev–Trinajstić information content (AvgIpc) is 2.65. The maximum atomic E-state index is 9.97. The smallest absolute Gasteiger partial charge is 0.200 e. The fourth-order valence-corrected chi connectivity index (χ4v) is 2.23. The van der Waals surface area contributed by atoms with Crippen molar-refractivity contribution in [1.29, 1.82) is 0 Å². The molecule has 1 heterocycles. The number of hydrogen-bond donors (Lipinski definition) is 3. The maximum absolute atomic E-state index is 9.97. The molecule has 26 heavy (non-hydrogen) atoms. The molecule has 7 nitrogen and oxygen atoms in total. The van der Waals surface area contributed by atoms with Gasteiger partial charge in [-0.3, -0.25) is 4.98 Å². The van der Waals surface area contributed by atoms with Crippen molar-refractivity contribution in [2.75, 3.05) is 20.8 Å². The second kappa shape index (κ2) is 11.4. The second-order valence-corrected chi connectivity index (χ2v) is 5.22. The summed E-state index contributed by atoms with van der Waals surface area (Å²) in [5, 5.41) is 16.4. The van der Waals surface area contributed by atoms with E-state index < -0.39 is 0 Å². The Kier molecular flexibility index (Phi) is 9.56. The molecular formula is C18H25IN4O3. The van der Waals surface area contributed by atoms with E-state index in [0.717, 1.165) is 17.8 Å². The molecule has 0 aliphatic carbocycles. The minimum Gasteiger partial charge on any atom is -0.502 e. The lowest BCUT2D eigenvalue weighted by Crippen LogP contribution is -2.37. The number of halogens is 1. The minimum atomic E-state index is -0.0158. The molecule has 0 unspecified atom stereocenters. The van der Waals surface area contributed by atoms with Gasteiger partial charge in [0.1, 0.15) is 0 Å². The number of aromatic hydroxyl groups is 1. The van der Waals surface area contributed by atoms with Crippen molar-refractivity contribution in [1.82, 2.24) is 15.6 Å². The Morgan fingerprint density at radius 1 is 1.15 bits per heavy atom. The van der Waals surface area contributed by atoms with Crippen molar-refractivity contribution in [2.24, 2.45) is 4.99 Å². The van der Waals surface area contributed by atoms with E-state index in [1.807, 2.05) is 25.1 Å². The van der Waals surface area contributed by atoms with E-state index in [2.05, 4.69) is 20.6 Å². The lowest BCUT2D eigenvalue weighted by Gasteiger charge is -2.12. The van der Waals surface area contributed by atoms with Gasteiger partial charge in [-0.2, -0.15) is 0 Å². The highest BCUT2D eigenvalue weighted by atomic mass is 127. The zero-order valence-electron chi connectivity index (χ0n) is 15.2. The number of pyridine rings is 1. The second-order valence-electron chi connectivity index (χ2n) is 5.22. The van der Waals surface area contributed by atoms with E-state index in [1.165, 1.54) is 14.2 Å². The van der Waals surface area contributed by atoms with Gasteiger partial charge >= 0.3 is 0 Å². The van der Waals surface area contributed by atoms with Crippen LogP contribution in [0.2, 0.25) is 0 Å². The summed E-state index contributed by atoms with van der Waals surface area (Å²) in [6.45, 7) is 3.74. The van der Waals surface area contributed by atoms with Crippen LogP contribution in [0.5, 0.6) is 17.2 Å². The summed E-state index contributed by atoms with van der Waals surface area (Å²) in [6.07, 6.45) is 1.76. The molecule has 0 fully saturated rings. The van der Waals surface area contributed by atoms with Crippen LogP contribution in [0.3, 0.4) is 0 Å². The summed E-state index contributed by atoms with van der Waals surface area (Å²) >= 11 is 0. The van der Waals surface area contributed by atoms with Crippen LogP contribution in [-0.4, -0.2) is 36.8 Å². The third kappa shape index (κ3) is 6.25. The molecule has 0 aliphatic rings. The molecule has 2 aromatic rings. The summed E-state index contributed by atoms with van der Waals surface area (Å²) in [4.78, 5) is 8.83. The SMILES string of the molecule is CCNC(=NCc1cc(OC)c(O)c(OC)c1)NCc1ccccn1.I. The van der Waals surface area contributed by atoms with Crippen molar-refractivity contribution in [3.63, 3.8) is 0 Å². The topological polar surface area (TPSA) is 88.0 Å². The number of aliphatic imine (C=N–C) groups is 1. The van der Waals surface area contributed by atoms with Crippen LogP contribution in [0.4, 0.5) is 0 Å². The third-order valence-electron chi connectivity index (χ3n) is 3.47. The Morgan fingerprint density at radius 3 is 2.38 bits per heavy atom. The number of phenols is 1. The molecule has 2 rings (SSSR count). The van der Waals surface area contributed by atoms with Crippen LogP contribution >= 0.6 is 24.0 Å². The van der Waals surface area contributed by atoms with Gasteiger partial charge in [-0.1, -0.05) is 6.07 Å². The first-order valence-electron chi connectivity index (χ1n) is 8.03. The molecule has 3 N–H and O–H groups in total. The molecule has 0 saturated carbocycles. The van der Waals surface area contributed by atoms with Crippen molar-refractivity contribution >= 4 is 29.9 Å². The number of guanidine groups is 1. The van der Waals surface area contributed by atoms with Crippen molar-refractivity contribution in [2.45, 2.75) is 20.0 Å². The number of methoxy groups -OCH3 is 2. The van der Waals surface area contributed by atoms with Gasteiger partial charge in [0.15, 0.2) is 17.5 Å². The van der Waals surface area contributed by atoms with E-state index in [0.29, 0.717) is 30.5 Å². The maximum Gasteiger partial charge on any atom is 0.200 e. The van der Waals surface area contributed by atoms with Crippen LogP contribution in [0.1, 0.15) is 18.2 Å². The molecular weight excluding hydrogens is 447 g/mol. The number of hydrogen-bond acceptors (Lipinski definition) is 5. The van der Waals surface area contributed by atoms with Crippen molar-refractivity contribution < 1.29 is 14.6 Å². The highest BCUT2D eigenvalue weighted by Gasteiger charge is 2.11. The number of nitrogens with one attached hydrogen (secondary N) is 2. The highest BCUT2D eigenvalue weighted by Crippen LogP contribution is 2.37. The molecule has 0 saturated heterocycles. The summed E-state index contributed by atoms with van der Waals surface area (Å²) in [5.74, 6) is 1.38. The number of benzene rings is 1. The van der Waals surface area contributed by atoms with E-state index in [1.54, 1.807) is 18.3 Å². The van der Waals surface area contributed by atoms with Crippen LogP contribution in [-0.2, 0) is 13.1 Å². The van der Waals surface area contributed by atoms with Crippen LogP contribution in [0.15, 0.2) is 41.5 Å². The summed E-state index contributed by atoms with van der Waals surface area (Å²) in [7, 11) is 3.00. The molecule has 0 atom stereocenters. The van der Waals surface area contributed by atoms with E-state index in [-0.39, 0.29) is 29.7 Å². The monoisotopic (exact) mass is 472 g/mol. The van der Waals surface area contributed by atoms with Crippen LogP contribution in [0, 0.1) is 0 Å². The number of nitrogens with zero attached hydrogens (tertiary/aromatic N) is 2. The zero-order chi connectivity index (χ0) is 18.1. The van der Waals surface area contributed by atoms with E-state index >= 15 is 0 Å². The Morgan fingerprint density at radius 2 is 1.85 bits per heavy atom. The standard InChI is InChI=1S/C18H24N4O3.HI/c1-4-19-18(22-12-14-7-5-6-8-20-14)21-11-13-9-15(24-2)17(23)16(10-13)25-3;/h5-10,23H,4,11-12H2,1-3H3,(H2,19,21,22);1H. The fourth-order valence-electron chi connectivity index (χ4n) is 2.23. The molecule has 142 valence electrons. The number of ether oxygens (including phenoxy) is 2. The Balaban J connectivity index is 0.00000338. The molecule has 0 spiro atoms. The van der Waals surface area contributed by atoms with E-state index in [4.69, 9.17) is 9.47 Å². The highest BCUT2D eigenvalue weighted by molar-refractivity contribution is 14.0. The van der Waals surface area contributed by atoms with Gasteiger partial charge in [-0.15, -0.1) is 24.0 Å². The van der Waals surface area contributed by atoms with E-state index in [9.17, 15) is 5.11 Å². The lowest BCUT2D eigenvalue weighted by atomic mass is 10.2. The van der Waals surface area contributed by atoms with Crippen LogP contribution < -0.4 is 20.1 Å². The Labute approximate surface area is 170 Å². The normalized spacial score (nSPS) is 10.7. The molecule has 1 aromatic carbocycles. The molecule has 0 aliphatic heterocycles. The van der Waals surface area contributed by atoms with Gasteiger partial charge < -0.3 is 25.2 Å². The predicted molar refractivity (Wildman–Crippen MR) is 113 cm³/mol. The molecule has 0 radical (unpaired) electrons. The largest absolute Gasteiger partial charge is 0.502 e. The molecule has 1 aromatic heterocycles. The summed E-state index contributed by atoms with van der Waals surface area (Å²) in [5.41, 5.74) is 1.79. The molecule has 8 heteroatoms. The minimum absolute atomic E-state index is 0. The Hall–Kier alpha value is -2.23. The van der Waals surface area contributed by atoms with Gasteiger partial charge in [0.05, 0.1) is 33.0 Å².